The number of amides is 2. The summed E-state index contributed by atoms with van der Waals surface area (Å²) < 4.78 is 45.1. The van der Waals surface area contributed by atoms with E-state index in [9.17, 15) is 22.8 Å². The zero-order valence-corrected chi connectivity index (χ0v) is 15.1. The fourth-order valence-electron chi connectivity index (χ4n) is 2.60. The van der Waals surface area contributed by atoms with Gasteiger partial charge in [0, 0.05) is 22.9 Å². The number of hydrogen-bond acceptors (Lipinski definition) is 3. The smallest absolute Gasteiger partial charge is 0.255 e. The lowest BCUT2D eigenvalue weighted by atomic mass is 10.1. The first kappa shape index (κ1) is 19.9. The van der Waals surface area contributed by atoms with Gasteiger partial charge in [-0.05, 0) is 48.5 Å². The number of hydrogen-bond donors (Lipinski definition) is 2. The second-order valence-electron chi connectivity index (χ2n) is 5.99. The van der Waals surface area contributed by atoms with E-state index in [4.69, 9.17) is 4.74 Å². The van der Waals surface area contributed by atoms with Gasteiger partial charge in [-0.1, -0.05) is 6.07 Å². The van der Waals surface area contributed by atoms with E-state index in [1.54, 1.807) is 0 Å². The second-order valence-corrected chi connectivity index (χ2v) is 5.99. The van der Waals surface area contributed by atoms with Crippen LogP contribution >= 0.6 is 0 Å². The Hall–Kier alpha value is -3.81. The number of carbonyl (C=O) groups is 2. The van der Waals surface area contributed by atoms with Crippen molar-refractivity contribution in [3.05, 3.63) is 89.2 Å². The van der Waals surface area contributed by atoms with E-state index in [0.29, 0.717) is 11.8 Å². The highest BCUT2D eigenvalue weighted by Gasteiger charge is 2.14. The molecule has 0 aliphatic rings. The fraction of sp³-hybridized carbons (Fsp3) is 0.0476. The molecule has 3 aromatic carbocycles. The molecule has 2 N–H and O–H groups in total. The van der Waals surface area contributed by atoms with Gasteiger partial charge in [-0.15, -0.1) is 0 Å². The van der Waals surface area contributed by atoms with Crippen LogP contribution in [0.25, 0.3) is 0 Å². The van der Waals surface area contributed by atoms with Crippen molar-refractivity contribution in [3.8, 4) is 5.75 Å². The van der Waals surface area contributed by atoms with E-state index in [1.165, 1.54) is 43.5 Å². The van der Waals surface area contributed by atoms with Gasteiger partial charge in [-0.3, -0.25) is 9.59 Å². The number of anilines is 2. The summed E-state index contributed by atoms with van der Waals surface area (Å²) in [5.41, 5.74) is 0.348. The summed E-state index contributed by atoms with van der Waals surface area (Å²) in [7, 11) is 1.39. The lowest BCUT2D eigenvalue weighted by Gasteiger charge is -2.13. The third-order valence-corrected chi connectivity index (χ3v) is 3.92. The van der Waals surface area contributed by atoms with Crippen molar-refractivity contribution in [2.24, 2.45) is 0 Å². The SMILES string of the molecule is COc1ccc(NC(=O)c2cc(F)cc(F)c2)cc1NC(=O)c1cccc(F)c1. The molecule has 8 heteroatoms. The van der Waals surface area contributed by atoms with Crippen LogP contribution in [0.5, 0.6) is 5.75 Å². The minimum absolute atomic E-state index is 0.0942. The Labute approximate surface area is 164 Å². The Balaban J connectivity index is 1.83. The standard InChI is InChI=1S/C21H15F3N2O3/c1-29-19-6-5-17(25-21(28)13-8-15(23)10-16(24)9-13)11-18(19)26-20(27)12-3-2-4-14(22)7-12/h2-11H,1H3,(H,25,28)(H,26,27). The first-order valence-electron chi connectivity index (χ1n) is 8.38. The van der Waals surface area contributed by atoms with Crippen LogP contribution in [-0.2, 0) is 0 Å². The summed E-state index contributed by atoms with van der Waals surface area (Å²) in [6.45, 7) is 0. The Bertz CT molecular complexity index is 1070. The summed E-state index contributed by atoms with van der Waals surface area (Å²) in [6.07, 6.45) is 0. The first-order valence-corrected chi connectivity index (χ1v) is 8.38. The summed E-state index contributed by atoms with van der Waals surface area (Å²) in [4.78, 5) is 24.6. The molecule has 148 valence electrons. The fourth-order valence-corrected chi connectivity index (χ4v) is 2.60. The van der Waals surface area contributed by atoms with Crippen LogP contribution in [0.3, 0.4) is 0 Å². The average Bonchev–Trinajstić information content (AvgIpc) is 2.67. The molecule has 5 nitrogen and oxygen atoms in total. The molecule has 0 aromatic heterocycles. The highest BCUT2D eigenvalue weighted by atomic mass is 19.1. The van der Waals surface area contributed by atoms with Gasteiger partial charge in [0.25, 0.3) is 11.8 Å². The van der Waals surface area contributed by atoms with Crippen LogP contribution in [0.1, 0.15) is 20.7 Å². The summed E-state index contributed by atoms with van der Waals surface area (Å²) in [5, 5.41) is 5.06. The van der Waals surface area contributed by atoms with E-state index in [2.05, 4.69) is 10.6 Å². The van der Waals surface area contributed by atoms with Gasteiger partial charge in [0.05, 0.1) is 12.8 Å². The Kier molecular flexibility index (Phi) is 5.82. The maximum Gasteiger partial charge on any atom is 0.255 e. The van der Waals surface area contributed by atoms with Gasteiger partial charge in [0.2, 0.25) is 0 Å². The third-order valence-electron chi connectivity index (χ3n) is 3.92. The molecule has 0 saturated carbocycles. The summed E-state index contributed by atoms with van der Waals surface area (Å²) >= 11 is 0. The maximum absolute atomic E-state index is 13.3. The zero-order valence-electron chi connectivity index (χ0n) is 15.1. The first-order chi connectivity index (χ1) is 13.9. The van der Waals surface area contributed by atoms with Crippen LogP contribution in [-0.4, -0.2) is 18.9 Å². The number of nitrogens with one attached hydrogen (secondary N) is 2. The highest BCUT2D eigenvalue weighted by molar-refractivity contribution is 6.07. The normalized spacial score (nSPS) is 10.3. The van der Waals surface area contributed by atoms with Crippen LogP contribution in [0, 0.1) is 17.5 Å². The van der Waals surface area contributed by atoms with Gasteiger partial charge in [0.1, 0.15) is 23.2 Å². The van der Waals surface area contributed by atoms with Crippen LogP contribution < -0.4 is 15.4 Å². The van der Waals surface area contributed by atoms with E-state index >= 15 is 0 Å². The predicted molar refractivity (Wildman–Crippen MR) is 102 cm³/mol. The molecular formula is C21H15F3N2O3. The molecule has 0 saturated heterocycles. The van der Waals surface area contributed by atoms with Crippen molar-refractivity contribution in [1.29, 1.82) is 0 Å². The van der Waals surface area contributed by atoms with Gasteiger partial charge in [-0.25, -0.2) is 13.2 Å². The zero-order chi connectivity index (χ0) is 21.0. The Morgan fingerprint density at radius 1 is 0.759 bits per heavy atom. The number of halogens is 3. The van der Waals surface area contributed by atoms with Gasteiger partial charge in [-0.2, -0.15) is 0 Å². The molecule has 2 amide bonds. The number of carbonyl (C=O) groups excluding carboxylic acids is 2. The molecule has 0 aliphatic heterocycles. The van der Waals surface area contributed by atoms with Crippen molar-refractivity contribution in [1.82, 2.24) is 0 Å². The molecule has 0 bridgehead atoms. The number of ether oxygens (including phenoxy) is 1. The molecule has 29 heavy (non-hydrogen) atoms. The molecule has 0 radical (unpaired) electrons. The van der Waals surface area contributed by atoms with E-state index in [0.717, 1.165) is 18.2 Å². The van der Waals surface area contributed by atoms with Crippen molar-refractivity contribution in [2.75, 3.05) is 17.7 Å². The van der Waals surface area contributed by atoms with Gasteiger partial charge < -0.3 is 15.4 Å². The van der Waals surface area contributed by atoms with Crippen LogP contribution in [0.15, 0.2) is 60.7 Å². The topological polar surface area (TPSA) is 67.4 Å². The van der Waals surface area contributed by atoms with Crippen molar-refractivity contribution in [2.45, 2.75) is 0 Å². The largest absolute Gasteiger partial charge is 0.495 e. The Morgan fingerprint density at radius 3 is 2.07 bits per heavy atom. The number of methoxy groups -OCH3 is 1. The molecule has 0 aliphatic carbocycles. The molecule has 0 heterocycles. The molecule has 0 atom stereocenters. The lowest BCUT2D eigenvalue weighted by molar-refractivity contribution is 0.101. The average molecular weight is 400 g/mol. The molecule has 3 aromatic rings. The van der Waals surface area contributed by atoms with Crippen LogP contribution in [0.2, 0.25) is 0 Å². The summed E-state index contributed by atoms with van der Waals surface area (Å²) in [6, 6.07) is 12.0. The molecule has 0 spiro atoms. The second kappa shape index (κ2) is 8.47. The lowest BCUT2D eigenvalue weighted by Crippen LogP contribution is -2.15. The van der Waals surface area contributed by atoms with Crippen molar-refractivity contribution >= 4 is 23.2 Å². The van der Waals surface area contributed by atoms with Crippen molar-refractivity contribution < 1.29 is 27.5 Å². The summed E-state index contributed by atoms with van der Waals surface area (Å²) in [5.74, 6) is -3.35. The number of benzene rings is 3. The molecule has 0 fully saturated rings. The predicted octanol–water partition coefficient (Wildman–Crippen LogP) is 4.62. The minimum Gasteiger partial charge on any atom is -0.495 e. The van der Waals surface area contributed by atoms with E-state index < -0.39 is 29.3 Å². The minimum atomic E-state index is -0.882. The number of rotatable bonds is 5. The molecule has 3 rings (SSSR count). The monoisotopic (exact) mass is 400 g/mol. The highest BCUT2D eigenvalue weighted by Crippen LogP contribution is 2.28. The van der Waals surface area contributed by atoms with Gasteiger partial charge in [0.15, 0.2) is 0 Å². The molecule has 0 unspecified atom stereocenters. The van der Waals surface area contributed by atoms with E-state index in [-0.39, 0.29) is 22.5 Å². The maximum atomic E-state index is 13.3. The van der Waals surface area contributed by atoms with E-state index in [1.807, 2.05) is 0 Å². The quantitative estimate of drug-likeness (QED) is 0.657. The third kappa shape index (κ3) is 4.92. The molecular weight excluding hydrogens is 385 g/mol. The van der Waals surface area contributed by atoms with Crippen molar-refractivity contribution in [3.63, 3.8) is 0 Å². The van der Waals surface area contributed by atoms with Gasteiger partial charge >= 0.3 is 0 Å². The Morgan fingerprint density at radius 2 is 1.41 bits per heavy atom. The van der Waals surface area contributed by atoms with Crippen LogP contribution in [0.4, 0.5) is 24.5 Å².